The molecule has 0 saturated carbocycles. The lowest BCUT2D eigenvalue weighted by Crippen LogP contribution is -2.03. The number of hydrogen-bond donors (Lipinski definition) is 1. The standard InChI is InChI=1S/C16H16O3S/c1-19-13-8-5-9-14(10-13)20-15(11-16(17)18)12-6-3-2-4-7-12/h2-10,15H,11H2,1H3,(H,17,18). The highest BCUT2D eigenvalue weighted by Gasteiger charge is 2.17. The highest BCUT2D eigenvalue weighted by Crippen LogP contribution is 2.38. The van der Waals surface area contributed by atoms with E-state index in [0.717, 1.165) is 16.2 Å². The maximum atomic E-state index is 11.1. The summed E-state index contributed by atoms with van der Waals surface area (Å²) in [5.41, 5.74) is 1.02. The van der Waals surface area contributed by atoms with E-state index in [1.807, 2.05) is 54.6 Å². The van der Waals surface area contributed by atoms with Crippen LogP contribution in [0.5, 0.6) is 5.75 Å². The number of aliphatic carboxylic acids is 1. The largest absolute Gasteiger partial charge is 0.497 e. The molecule has 1 unspecified atom stereocenters. The molecule has 3 nitrogen and oxygen atoms in total. The Morgan fingerprint density at radius 1 is 1.20 bits per heavy atom. The number of rotatable bonds is 6. The zero-order valence-electron chi connectivity index (χ0n) is 11.2. The Morgan fingerprint density at radius 2 is 1.95 bits per heavy atom. The molecular weight excluding hydrogens is 272 g/mol. The van der Waals surface area contributed by atoms with E-state index < -0.39 is 5.97 Å². The first kappa shape index (κ1) is 14.5. The third kappa shape index (κ3) is 4.03. The summed E-state index contributed by atoms with van der Waals surface area (Å²) < 4.78 is 5.19. The van der Waals surface area contributed by atoms with Crippen LogP contribution in [0.15, 0.2) is 59.5 Å². The Bertz CT molecular complexity index is 569. The van der Waals surface area contributed by atoms with Crippen molar-refractivity contribution in [3.8, 4) is 5.75 Å². The van der Waals surface area contributed by atoms with E-state index in [1.165, 1.54) is 11.8 Å². The van der Waals surface area contributed by atoms with E-state index in [-0.39, 0.29) is 11.7 Å². The van der Waals surface area contributed by atoms with Crippen LogP contribution in [0.3, 0.4) is 0 Å². The van der Waals surface area contributed by atoms with Crippen LogP contribution < -0.4 is 4.74 Å². The van der Waals surface area contributed by atoms with Crippen molar-refractivity contribution in [2.45, 2.75) is 16.6 Å². The Balaban J connectivity index is 2.21. The van der Waals surface area contributed by atoms with Gasteiger partial charge in [-0.05, 0) is 23.8 Å². The molecule has 0 aliphatic carbocycles. The molecule has 1 atom stereocenters. The van der Waals surface area contributed by atoms with Crippen molar-refractivity contribution in [1.82, 2.24) is 0 Å². The van der Waals surface area contributed by atoms with Crippen LogP contribution in [0.4, 0.5) is 0 Å². The van der Waals surface area contributed by atoms with Crippen molar-refractivity contribution in [1.29, 1.82) is 0 Å². The van der Waals surface area contributed by atoms with Gasteiger partial charge in [0, 0.05) is 10.1 Å². The smallest absolute Gasteiger partial charge is 0.304 e. The molecule has 1 N–H and O–H groups in total. The molecule has 0 radical (unpaired) electrons. The lowest BCUT2D eigenvalue weighted by atomic mass is 10.1. The number of carboxylic acids is 1. The van der Waals surface area contributed by atoms with Crippen molar-refractivity contribution in [2.75, 3.05) is 7.11 Å². The fourth-order valence-corrected chi connectivity index (χ4v) is 3.08. The maximum Gasteiger partial charge on any atom is 0.304 e. The number of carboxylic acid groups (broad SMARTS) is 1. The van der Waals surface area contributed by atoms with E-state index in [1.54, 1.807) is 7.11 Å². The lowest BCUT2D eigenvalue weighted by Gasteiger charge is -2.15. The van der Waals surface area contributed by atoms with Crippen LogP contribution >= 0.6 is 11.8 Å². The summed E-state index contributed by atoms with van der Waals surface area (Å²) in [6, 6.07) is 17.4. The average molecular weight is 288 g/mol. The number of hydrogen-bond acceptors (Lipinski definition) is 3. The van der Waals surface area contributed by atoms with Gasteiger partial charge in [0.1, 0.15) is 5.75 Å². The number of methoxy groups -OCH3 is 1. The Hall–Kier alpha value is -1.94. The molecule has 2 rings (SSSR count). The SMILES string of the molecule is COc1cccc(SC(CC(=O)O)c2ccccc2)c1. The summed E-state index contributed by atoms with van der Waals surface area (Å²) in [7, 11) is 1.62. The van der Waals surface area contributed by atoms with Gasteiger partial charge in [0.2, 0.25) is 0 Å². The predicted octanol–water partition coefficient (Wildman–Crippen LogP) is 4.00. The van der Waals surface area contributed by atoms with Gasteiger partial charge in [0.25, 0.3) is 0 Å². The van der Waals surface area contributed by atoms with Crippen LogP contribution in [0, 0.1) is 0 Å². The van der Waals surface area contributed by atoms with Gasteiger partial charge in [-0.1, -0.05) is 36.4 Å². The minimum absolute atomic E-state index is 0.0892. The molecule has 0 aliphatic rings. The molecule has 4 heteroatoms. The molecule has 2 aromatic rings. The Labute approximate surface area is 122 Å². The summed E-state index contributed by atoms with van der Waals surface area (Å²) in [5, 5.41) is 8.98. The molecule has 0 heterocycles. The van der Waals surface area contributed by atoms with Crippen molar-refractivity contribution in [3.05, 3.63) is 60.2 Å². The normalized spacial score (nSPS) is 11.8. The molecule has 0 spiro atoms. The van der Waals surface area contributed by atoms with Crippen LogP contribution in [0.2, 0.25) is 0 Å². The van der Waals surface area contributed by atoms with E-state index in [4.69, 9.17) is 9.84 Å². The third-order valence-corrected chi connectivity index (χ3v) is 4.10. The summed E-state index contributed by atoms with van der Waals surface area (Å²) in [6.07, 6.45) is 0.0892. The van der Waals surface area contributed by atoms with Gasteiger partial charge in [-0.3, -0.25) is 4.79 Å². The van der Waals surface area contributed by atoms with Crippen LogP contribution in [-0.4, -0.2) is 18.2 Å². The molecule has 0 saturated heterocycles. The number of benzene rings is 2. The quantitative estimate of drug-likeness (QED) is 0.816. The van der Waals surface area contributed by atoms with E-state index >= 15 is 0 Å². The molecular formula is C16H16O3S. The molecule has 0 bridgehead atoms. The van der Waals surface area contributed by atoms with Gasteiger partial charge >= 0.3 is 5.97 Å². The summed E-state index contributed by atoms with van der Waals surface area (Å²) in [5.74, 6) is -0.0219. The Morgan fingerprint density at radius 3 is 2.60 bits per heavy atom. The van der Waals surface area contributed by atoms with Crippen LogP contribution in [-0.2, 0) is 4.79 Å². The third-order valence-electron chi connectivity index (χ3n) is 2.85. The molecule has 0 amide bonds. The summed E-state index contributed by atoms with van der Waals surface area (Å²) in [6.45, 7) is 0. The maximum absolute atomic E-state index is 11.1. The second-order valence-electron chi connectivity index (χ2n) is 4.29. The molecule has 2 aromatic carbocycles. The zero-order valence-corrected chi connectivity index (χ0v) is 12.0. The first-order chi connectivity index (χ1) is 9.69. The second-order valence-corrected chi connectivity index (χ2v) is 5.57. The van der Waals surface area contributed by atoms with Crippen molar-refractivity contribution >= 4 is 17.7 Å². The second kappa shape index (κ2) is 7.01. The number of ether oxygens (including phenoxy) is 1. The van der Waals surface area contributed by atoms with E-state index in [9.17, 15) is 4.79 Å². The topological polar surface area (TPSA) is 46.5 Å². The van der Waals surface area contributed by atoms with Crippen LogP contribution in [0.25, 0.3) is 0 Å². The molecule has 20 heavy (non-hydrogen) atoms. The van der Waals surface area contributed by atoms with Crippen LogP contribution in [0.1, 0.15) is 17.2 Å². The predicted molar refractivity (Wildman–Crippen MR) is 80.3 cm³/mol. The minimum atomic E-state index is -0.797. The minimum Gasteiger partial charge on any atom is -0.497 e. The monoisotopic (exact) mass is 288 g/mol. The van der Waals surface area contributed by atoms with Crippen molar-refractivity contribution < 1.29 is 14.6 Å². The zero-order chi connectivity index (χ0) is 14.4. The van der Waals surface area contributed by atoms with Gasteiger partial charge in [-0.15, -0.1) is 11.8 Å². The van der Waals surface area contributed by atoms with Gasteiger partial charge in [-0.2, -0.15) is 0 Å². The highest BCUT2D eigenvalue weighted by molar-refractivity contribution is 7.99. The molecule has 0 fully saturated rings. The highest BCUT2D eigenvalue weighted by atomic mass is 32.2. The van der Waals surface area contributed by atoms with Gasteiger partial charge < -0.3 is 9.84 Å². The molecule has 0 aliphatic heterocycles. The van der Waals surface area contributed by atoms with Gasteiger partial charge in [0.05, 0.1) is 13.5 Å². The molecule has 0 aromatic heterocycles. The Kier molecular flexibility index (Phi) is 5.07. The summed E-state index contributed by atoms with van der Waals surface area (Å²) in [4.78, 5) is 12.1. The fraction of sp³-hybridized carbons (Fsp3) is 0.188. The number of thioether (sulfide) groups is 1. The summed E-state index contributed by atoms with van der Waals surface area (Å²) >= 11 is 1.54. The van der Waals surface area contributed by atoms with Gasteiger partial charge in [0.15, 0.2) is 0 Å². The lowest BCUT2D eigenvalue weighted by molar-refractivity contribution is -0.137. The first-order valence-electron chi connectivity index (χ1n) is 6.26. The molecule has 104 valence electrons. The van der Waals surface area contributed by atoms with E-state index in [2.05, 4.69) is 0 Å². The number of carbonyl (C=O) groups is 1. The average Bonchev–Trinajstić information content (AvgIpc) is 2.47. The van der Waals surface area contributed by atoms with Gasteiger partial charge in [-0.25, -0.2) is 0 Å². The first-order valence-corrected chi connectivity index (χ1v) is 7.14. The fourth-order valence-electron chi connectivity index (χ4n) is 1.89. The van der Waals surface area contributed by atoms with Crippen molar-refractivity contribution in [3.63, 3.8) is 0 Å². The van der Waals surface area contributed by atoms with Crippen molar-refractivity contribution in [2.24, 2.45) is 0 Å². The van der Waals surface area contributed by atoms with E-state index in [0.29, 0.717) is 0 Å².